The lowest BCUT2D eigenvalue weighted by Gasteiger charge is -2.24. The third-order valence-corrected chi connectivity index (χ3v) is 5.19. The zero-order chi connectivity index (χ0) is 13.4. The molecule has 2 atom stereocenters. The van der Waals surface area contributed by atoms with Crippen molar-refractivity contribution < 1.29 is 4.74 Å². The topological polar surface area (TPSA) is 34.1 Å². The molecule has 3 heterocycles. The second-order valence-corrected chi connectivity index (χ2v) is 6.38. The Hall–Kier alpha value is -1.39. The molecule has 0 bridgehead atoms. The summed E-state index contributed by atoms with van der Waals surface area (Å²) in [6.45, 7) is 1.91. The summed E-state index contributed by atoms with van der Waals surface area (Å²) in [5.41, 5.74) is 2.52. The van der Waals surface area contributed by atoms with E-state index in [2.05, 4.69) is 28.9 Å². The smallest absolute Gasteiger partial charge is 0.123 e. The normalized spacial score (nSPS) is 25.2. The van der Waals surface area contributed by atoms with Crippen LogP contribution in [0.25, 0.3) is 0 Å². The number of aromatic nitrogens is 1. The van der Waals surface area contributed by atoms with Gasteiger partial charge in [-0.05, 0) is 31.9 Å². The van der Waals surface area contributed by atoms with Gasteiger partial charge in [0, 0.05) is 16.9 Å². The predicted octanol–water partition coefficient (Wildman–Crippen LogP) is 3.48. The van der Waals surface area contributed by atoms with Crippen molar-refractivity contribution in [3.05, 3.63) is 45.9 Å². The monoisotopic (exact) mass is 286 g/mol. The fourth-order valence-corrected chi connectivity index (χ4v) is 4.18. The van der Waals surface area contributed by atoms with Gasteiger partial charge in [-0.25, -0.2) is 4.98 Å². The van der Waals surface area contributed by atoms with Crippen molar-refractivity contribution in [2.24, 2.45) is 0 Å². The van der Waals surface area contributed by atoms with Crippen LogP contribution in [0.3, 0.4) is 0 Å². The lowest BCUT2D eigenvalue weighted by Crippen LogP contribution is -2.16. The average Bonchev–Trinajstić information content (AvgIpc) is 3.17. The Balaban J connectivity index is 1.65. The first-order valence-electron chi connectivity index (χ1n) is 7.32. The molecule has 0 aliphatic carbocycles. The third-order valence-electron chi connectivity index (χ3n) is 4.21. The van der Waals surface area contributed by atoms with Crippen LogP contribution in [-0.2, 0) is 0 Å². The van der Waals surface area contributed by atoms with Gasteiger partial charge in [0.05, 0.1) is 18.3 Å². The lowest BCUT2D eigenvalue weighted by molar-refractivity contribution is 0.276. The van der Waals surface area contributed by atoms with Gasteiger partial charge in [0.1, 0.15) is 10.8 Å². The van der Waals surface area contributed by atoms with Crippen LogP contribution in [0.4, 0.5) is 0 Å². The van der Waals surface area contributed by atoms with Crippen molar-refractivity contribution in [3.8, 4) is 5.75 Å². The molecule has 0 saturated carbocycles. The van der Waals surface area contributed by atoms with Gasteiger partial charge in [0.25, 0.3) is 0 Å². The Labute approximate surface area is 123 Å². The first kappa shape index (κ1) is 12.4. The molecule has 0 spiro atoms. The van der Waals surface area contributed by atoms with Crippen LogP contribution in [0.1, 0.15) is 47.5 Å². The van der Waals surface area contributed by atoms with Crippen LogP contribution in [0.2, 0.25) is 0 Å². The molecule has 4 heteroatoms. The van der Waals surface area contributed by atoms with Gasteiger partial charge in [-0.15, -0.1) is 11.3 Å². The summed E-state index contributed by atoms with van der Waals surface area (Å²) in [5, 5.41) is 7.00. The van der Waals surface area contributed by atoms with Crippen LogP contribution in [0, 0.1) is 0 Å². The highest BCUT2D eigenvalue weighted by Crippen LogP contribution is 2.39. The number of para-hydroxylation sites is 1. The van der Waals surface area contributed by atoms with E-state index in [1.54, 1.807) is 11.3 Å². The standard InChI is InChI=1S/C16H18N2OS/c1-2-6-15-11(4-1)12(7-9-19-15)16-18-14(10-20-16)13-5-3-8-17-13/h1-2,4,6,10,12-13,17H,3,5,7-9H2. The van der Waals surface area contributed by atoms with Crippen molar-refractivity contribution in [2.75, 3.05) is 13.2 Å². The molecule has 20 heavy (non-hydrogen) atoms. The zero-order valence-corrected chi connectivity index (χ0v) is 12.2. The van der Waals surface area contributed by atoms with E-state index in [0.717, 1.165) is 25.3 Å². The van der Waals surface area contributed by atoms with E-state index in [0.29, 0.717) is 12.0 Å². The summed E-state index contributed by atoms with van der Waals surface area (Å²) in [6.07, 6.45) is 3.51. The summed E-state index contributed by atoms with van der Waals surface area (Å²) < 4.78 is 5.75. The summed E-state index contributed by atoms with van der Waals surface area (Å²) in [6, 6.07) is 8.84. The molecule has 1 aromatic heterocycles. The Morgan fingerprint density at radius 1 is 1.25 bits per heavy atom. The van der Waals surface area contributed by atoms with E-state index in [9.17, 15) is 0 Å². The number of ether oxygens (including phenoxy) is 1. The lowest BCUT2D eigenvalue weighted by atomic mass is 9.94. The number of fused-ring (bicyclic) bond motifs is 1. The Morgan fingerprint density at radius 3 is 3.10 bits per heavy atom. The number of benzene rings is 1. The van der Waals surface area contributed by atoms with E-state index in [4.69, 9.17) is 9.72 Å². The fourth-order valence-electron chi connectivity index (χ4n) is 3.16. The van der Waals surface area contributed by atoms with Crippen LogP contribution in [0.5, 0.6) is 5.75 Å². The molecule has 1 N–H and O–H groups in total. The van der Waals surface area contributed by atoms with Gasteiger partial charge in [-0.1, -0.05) is 18.2 Å². The van der Waals surface area contributed by atoms with Crippen molar-refractivity contribution in [1.82, 2.24) is 10.3 Å². The van der Waals surface area contributed by atoms with Crippen LogP contribution < -0.4 is 10.1 Å². The number of thiazole rings is 1. The molecule has 2 aliphatic rings. The molecule has 1 saturated heterocycles. The highest BCUT2D eigenvalue weighted by atomic mass is 32.1. The highest BCUT2D eigenvalue weighted by molar-refractivity contribution is 7.09. The quantitative estimate of drug-likeness (QED) is 0.917. The Kier molecular flexibility index (Phi) is 3.20. The molecule has 1 aromatic carbocycles. The summed E-state index contributed by atoms with van der Waals surface area (Å²) in [5.74, 6) is 1.43. The maximum absolute atomic E-state index is 5.75. The number of nitrogens with zero attached hydrogens (tertiary/aromatic N) is 1. The molecule has 1 fully saturated rings. The fraction of sp³-hybridized carbons (Fsp3) is 0.438. The van der Waals surface area contributed by atoms with Gasteiger partial charge in [0.2, 0.25) is 0 Å². The van der Waals surface area contributed by atoms with E-state index in [1.807, 2.05) is 6.07 Å². The molecule has 2 unspecified atom stereocenters. The van der Waals surface area contributed by atoms with E-state index in [-0.39, 0.29) is 0 Å². The third kappa shape index (κ3) is 2.13. The minimum Gasteiger partial charge on any atom is -0.493 e. The van der Waals surface area contributed by atoms with Gasteiger partial charge < -0.3 is 10.1 Å². The minimum atomic E-state index is 0.403. The SMILES string of the molecule is c1ccc2c(c1)OCCC2c1nc(C2CCCN2)cs1. The van der Waals surface area contributed by atoms with Gasteiger partial charge in [0.15, 0.2) is 0 Å². The van der Waals surface area contributed by atoms with Crippen LogP contribution >= 0.6 is 11.3 Å². The summed E-state index contributed by atoms with van der Waals surface area (Å²) in [7, 11) is 0. The van der Waals surface area contributed by atoms with E-state index in [1.165, 1.54) is 29.1 Å². The van der Waals surface area contributed by atoms with Crippen LogP contribution in [0.15, 0.2) is 29.6 Å². The minimum absolute atomic E-state index is 0.403. The van der Waals surface area contributed by atoms with Crippen molar-refractivity contribution in [1.29, 1.82) is 0 Å². The average molecular weight is 286 g/mol. The van der Waals surface area contributed by atoms with Gasteiger partial charge in [-0.2, -0.15) is 0 Å². The number of rotatable bonds is 2. The summed E-state index contributed by atoms with van der Waals surface area (Å²) in [4.78, 5) is 4.92. The van der Waals surface area contributed by atoms with Crippen molar-refractivity contribution in [3.63, 3.8) is 0 Å². The second-order valence-electron chi connectivity index (χ2n) is 5.49. The molecule has 0 radical (unpaired) electrons. The predicted molar refractivity (Wildman–Crippen MR) is 80.5 cm³/mol. The van der Waals surface area contributed by atoms with E-state index < -0.39 is 0 Å². The molecule has 4 rings (SSSR count). The second kappa shape index (κ2) is 5.19. The van der Waals surface area contributed by atoms with Gasteiger partial charge >= 0.3 is 0 Å². The Bertz CT molecular complexity index is 604. The zero-order valence-electron chi connectivity index (χ0n) is 11.3. The van der Waals surface area contributed by atoms with Crippen molar-refractivity contribution in [2.45, 2.75) is 31.2 Å². The number of nitrogens with one attached hydrogen (secondary N) is 1. The van der Waals surface area contributed by atoms with Gasteiger partial charge in [-0.3, -0.25) is 0 Å². The first-order valence-corrected chi connectivity index (χ1v) is 8.20. The number of hydrogen-bond acceptors (Lipinski definition) is 4. The molecule has 2 aliphatic heterocycles. The van der Waals surface area contributed by atoms with Crippen LogP contribution in [-0.4, -0.2) is 18.1 Å². The van der Waals surface area contributed by atoms with Crippen molar-refractivity contribution >= 4 is 11.3 Å². The first-order chi connectivity index (χ1) is 9.92. The molecule has 3 nitrogen and oxygen atoms in total. The number of hydrogen-bond donors (Lipinski definition) is 1. The molecule has 0 amide bonds. The molecular formula is C16H18N2OS. The summed E-state index contributed by atoms with van der Waals surface area (Å²) >= 11 is 1.80. The maximum Gasteiger partial charge on any atom is 0.123 e. The Morgan fingerprint density at radius 2 is 2.20 bits per heavy atom. The molecule has 2 aromatic rings. The molecule has 104 valence electrons. The highest BCUT2D eigenvalue weighted by Gasteiger charge is 2.26. The molecular weight excluding hydrogens is 268 g/mol. The maximum atomic E-state index is 5.75. The van der Waals surface area contributed by atoms with E-state index >= 15 is 0 Å². The largest absolute Gasteiger partial charge is 0.493 e.